The van der Waals surface area contributed by atoms with E-state index in [4.69, 9.17) is 9.16 Å². The number of aliphatic carboxylic acids is 1. The van der Waals surface area contributed by atoms with E-state index >= 15 is 0 Å². The van der Waals surface area contributed by atoms with Gasteiger partial charge in [0, 0.05) is 5.57 Å². The molecule has 0 heterocycles. The van der Waals surface area contributed by atoms with Gasteiger partial charge < -0.3 is 19.6 Å². The first-order chi connectivity index (χ1) is 15.6. The minimum absolute atomic E-state index is 0.0763. The highest BCUT2D eigenvalue weighted by Gasteiger charge is 2.43. The summed E-state index contributed by atoms with van der Waals surface area (Å²) in [7, 11) is -2.31. The van der Waals surface area contributed by atoms with Crippen LogP contribution in [0.1, 0.15) is 72.8 Å². The van der Waals surface area contributed by atoms with E-state index in [1.165, 1.54) is 0 Å². The molecule has 1 aliphatic rings. The highest BCUT2D eigenvalue weighted by molar-refractivity contribution is 6.74. The number of carboxylic acid groups (broad SMARTS) is 1. The van der Waals surface area contributed by atoms with E-state index in [9.17, 15) is 14.7 Å². The first-order valence-corrected chi connectivity index (χ1v) is 15.2. The van der Waals surface area contributed by atoms with E-state index < -0.39 is 38.1 Å². The largest absolute Gasteiger partial charge is 0.478 e. The fourth-order valence-electron chi connectivity index (χ4n) is 3.94. The van der Waals surface area contributed by atoms with Crippen molar-refractivity contribution in [3.8, 4) is 0 Å². The molecule has 2 N–H and O–H groups in total. The van der Waals surface area contributed by atoms with Gasteiger partial charge in [0.05, 0.1) is 12.1 Å². The predicted octanol–water partition coefficient (Wildman–Crippen LogP) is 6.47. The molecule has 0 aliphatic heterocycles. The van der Waals surface area contributed by atoms with E-state index in [0.717, 1.165) is 24.0 Å². The molecule has 0 aromatic heterocycles. The summed E-state index contributed by atoms with van der Waals surface area (Å²) in [6, 6.07) is 9.45. The van der Waals surface area contributed by atoms with Gasteiger partial charge in [0.15, 0.2) is 8.32 Å². The highest BCUT2D eigenvalue weighted by Crippen LogP contribution is 2.40. The van der Waals surface area contributed by atoms with E-state index in [2.05, 4.69) is 39.2 Å². The van der Waals surface area contributed by atoms with E-state index in [1.807, 2.05) is 51.1 Å². The zero-order valence-corrected chi connectivity index (χ0v) is 23.2. The first-order valence-electron chi connectivity index (χ1n) is 12.3. The van der Waals surface area contributed by atoms with Crippen LogP contribution in [0.25, 0.3) is 0 Å². The second-order valence-electron chi connectivity index (χ2n) is 11.8. The number of benzene rings is 1. The Bertz CT molecular complexity index is 881. The molecule has 0 bridgehead atoms. The summed E-state index contributed by atoms with van der Waals surface area (Å²) >= 11 is 0. The van der Waals surface area contributed by atoms with Crippen LogP contribution in [-0.4, -0.2) is 43.2 Å². The molecule has 2 rings (SSSR count). The molecule has 0 spiro atoms. The summed E-state index contributed by atoms with van der Waals surface area (Å²) in [5, 5.41) is 13.0. The van der Waals surface area contributed by atoms with Crippen molar-refractivity contribution in [3.05, 3.63) is 47.0 Å². The number of hydrogen-bond donors (Lipinski definition) is 2. The Morgan fingerprint density at radius 2 is 1.62 bits per heavy atom. The molecule has 0 fully saturated rings. The van der Waals surface area contributed by atoms with Crippen LogP contribution >= 0.6 is 0 Å². The summed E-state index contributed by atoms with van der Waals surface area (Å²) in [6.45, 7) is 16.3. The van der Waals surface area contributed by atoms with Gasteiger partial charge in [0.2, 0.25) is 0 Å². The van der Waals surface area contributed by atoms with Crippen molar-refractivity contribution >= 4 is 20.4 Å². The molecule has 0 radical (unpaired) electrons. The molecular formula is C27H43NO5Si. The third-order valence-electron chi connectivity index (χ3n) is 6.71. The maximum Gasteiger partial charge on any atom is 0.407 e. The van der Waals surface area contributed by atoms with Gasteiger partial charge in [-0.15, -0.1) is 0 Å². The SMILES string of the molecule is CC(C)(C)OC(=O)NC(Cc1ccccc1)C(O[Si](C)(C)C(C)(C)C)C1=C(C(=O)O)CCCC1. The number of carboxylic acids is 1. The lowest BCUT2D eigenvalue weighted by Gasteiger charge is -2.43. The minimum atomic E-state index is -2.31. The lowest BCUT2D eigenvalue weighted by atomic mass is 9.84. The normalized spacial score (nSPS) is 17.2. The predicted molar refractivity (Wildman–Crippen MR) is 139 cm³/mol. The lowest BCUT2D eigenvalue weighted by Crippen LogP contribution is -2.54. The number of alkyl carbamates (subject to hydrolysis) is 1. The number of nitrogens with one attached hydrogen (secondary N) is 1. The second-order valence-corrected chi connectivity index (χ2v) is 16.5. The molecule has 6 nitrogen and oxygen atoms in total. The molecule has 190 valence electrons. The fraction of sp³-hybridized carbons (Fsp3) is 0.630. The number of ether oxygens (including phenoxy) is 1. The Balaban J connectivity index is 2.58. The van der Waals surface area contributed by atoms with Crippen molar-refractivity contribution in [2.75, 3.05) is 0 Å². The quantitative estimate of drug-likeness (QED) is 0.409. The molecule has 2 unspecified atom stereocenters. The lowest BCUT2D eigenvalue weighted by molar-refractivity contribution is -0.133. The van der Waals surface area contributed by atoms with Gasteiger partial charge in [-0.05, 0) is 82.1 Å². The van der Waals surface area contributed by atoms with Gasteiger partial charge in [0.25, 0.3) is 0 Å². The monoisotopic (exact) mass is 489 g/mol. The topological polar surface area (TPSA) is 84.9 Å². The molecule has 0 saturated heterocycles. The van der Waals surface area contributed by atoms with Gasteiger partial charge in [-0.25, -0.2) is 9.59 Å². The number of carbonyl (C=O) groups is 2. The summed E-state index contributed by atoms with van der Waals surface area (Å²) in [5.41, 5.74) is 1.63. The Morgan fingerprint density at radius 3 is 2.15 bits per heavy atom. The van der Waals surface area contributed by atoms with Crippen LogP contribution in [0.2, 0.25) is 18.1 Å². The van der Waals surface area contributed by atoms with Gasteiger partial charge >= 0.3 is 12.1 Å². The maximum absolute atomic E-state index is 12.9. The number of rotatable bonds is 8. The van der Waals surface area contributed by atoms with E-state index in [1.54, 1.807) is 0 Å². The van der Waals surface area contributed by atoms with Gasteiger partial charge in [-0.3, -0.25) is 0 Å². The van der Waals surface area contributed by atoms with Crippen LogP contribution in [0.15, 0.2) is 41.5 Å². The zero-order chi connectivity index (χ0) is 25.7. The standard InChI is InChI=1S/C27H43NO5Si/c1-26(2,3)32-25(31)28-22(18-19-14-10-9-11-15-19)23(33-34(7,8)27(4,5)6)20-16-12-13-17-21(20)24(29)30/h9-11,14-15,22-23H,12-13,16-18H2,1-8H3,(H,28,31)(H,29,30). The average molecular weight is 490 g/mol. The third kappa shape index (κ3) is 7.98. The Kier molecular flexibility index (Phi) is 9.16. The van der Waals surface area contributed by atoms with Crippen LogP contribution in [0, 0.1) is 0 Å². The molecular weight excluding hydrogens is 446 g/mol. The average Bonchev–Trinajstić information content (AvgIpc) is 2.70. The molecule has 1 aliphatic carbocycles. The molecule has 1 aromatic carbocycles. The van der Waals surface area contributed by atoms with Crippen molar-refractivity contribution in [2.45, 2.75) is 110 Å². The minimum Gasteiger partial charge on any atom is -0.478 e. The fourth-order valence-corrected chi connectivity index (χ4v) is 5.23. The molecule has 1 amide bonds. The van der Waals surface area contributed by atoms with Crippen LogP contribution in [0.5, 0.6) is 0 Å². The zero-order valence-electron chi connectivity index (χ0n) is 22.2. The number of carbonyl (C=O) groups excluding carboxylic acids is 1. The van der Waals surface area contributed by atoms with Crippen LogP contribution < -0.4 is 5.32 Å². The van der Waals surface area contributed by atoms with Crippen molar-refractivity contribution in [1.82, 2.24) is 5.32 Å². The van der Waals surface area contributed by atoms with Crippen molar-refractivity contribution < 1.29 is 23.9 Å². The van der Waals surface area contributed by atoms with Crippen molar-refractivity contribution in [1.29, 1.82) is 0 Å². The highest BCUT2D eigenvalue weighted by atomic mass is 28.4. The summed E-state index contributed by atoms with van der Waals surface area (Å²) in [4.78, 5) is 25.1. The molecule has 0 saturated carbocycles. The molecule has 1 aromatic rings. The van der Waals surface area contributed by atoms with Crippen LogP contribution in [-0.2, 0) is 20.4 Å². The maximum atomic E-state index is 12.9. The summed E-state index contributed by atoms with van der Waals surface area (Å²) in [5.74, 6) is -0.894. The first kappa shape index (κ1) is 28.1. The smallest absolute Gasteiger partial charge is 0.407 e. The summed E-state index contributed by atoms with van der Waals surface area (Å²) < 4.78 is 12.5. The third-order valence-corrected chi connectivity index (χ3v) is 11.2. The molecule has 34 heavy (non-hydrogen) atoms. The van der Waals surface area contributed by atoms with Gasteiger partial charge in [-0.2, -0.15) is 0 Å². The van der Waals surface area contributed by atoms with Gasteiger partial charge in [-0.1, -0.05) is 51.1 Å². The van der Waals surface area contributed by atoms with Crippen LogP contribution in [0.3, 0.4) is 0 Å². The second kappa shape index (κ2) is 11.1. The molecule has 7 heteroatoms. The Labute approximate surface area is 206 Å². The molecule has 2 atom stereocenters. The number of hydrogen-bond acceptors (Lipinski definition) is 4. The number of amides is 1. The Hall–Kier alpha value is -2.12. The van der Waals surface area contributed by atoms with E-state index in [0.29, 0.717) is 24.8 Å². The van der Waals surface area contributed by atoms with Crippen molar-refractivity contribution in [2.24, 2.45) is 0 Å². The van der Waals surface area contributed by atoms with Gasteiger partial charge in [0.1, 0.15) is 5.60 Å². The van der Waals surface area contributed by atoms with E-state index in [-0.39, 0.29) is 5.04 Å². The summed E-state index contributed by atoms with van der Waals surface area (Å²) in [6.07, 6.45) is 2.38. The van der Waals surface area contributed by atoms with Crippen LogP contribution in [0.4, 0.5) is 4.79 Å². The Morgan fingerprint density at radius 1 is 1.03 bits per heavy atom. The van der Waals surface area contributed by atoms with Crippen molar-refractivity contribution in [3.63, 3.8) is 0 Å².